The number of rotatable bonds is 20. The normalized spacial score (nSPS) is 35.9. The second-order valence-electron chi connectivity index (χ2n) is 22.7. The molecule has 0 radical (unpaired) electrons. The Morgan fingerprint density at radius 2 is 1.84 bits per heavy atom. The fourth-order valence-corrected chi connectivity index (χ4v) is 12.5. The number of cyclic esters (lactones) is 1. The predicted molar refractivity (Wildman–Crippen MR) is 284 cm³/mol. The SMILES string of the molecule is C#C[C@@]1(O)C[C@@H](C)CN(C)[C@H](C)[C@@H](O)[C@](C)(O)[C@@H](CC)OC(=O)C(C)[C@@H](C2C[C@H](C)C[C@H](C)O2)[C@H](C)[C@H]1O[C@@H](C[C@H](CC)N(C)CCC1=CN(C[C@H](CF)[C@H](OC)C2=CCC(c3cnoc3)C=C2)N(C)N1)OCC. The number of methoxy groups -OCH3 is 1. The van der Waals surface area contributed by atoms with Crippen molar-refractivity contribution >= 4 is 5.97 Å². The number of hydrogen-bond donors (Lipinski definition) is 4. The molecule has 3 unspecified atom stereocenters. The van der Waals surface area contributed by atoms with Gasteiger partial charge >= 0.3 is 5.97 Å². The van der Waals surface area contributed by atoms with Crippen molar-refractivity contribution in [2.24, 2.45) is 35.5 Å². The number of aromatic nitrogens is 1. The minimum Gasteiger partial charge on any atom is -0.459 e. The van der Waals surface area contributed by atoms with Crippen molar-refractivity contribution in [2.75, 3.05) is 61.2 Å². The number of alkyl halides is 1. The molecule has 16 nitrogen and oxygen atoms in total. The number of nitrogens with zero attached hydrogens (tertiary/aromatic N) is 5. The second kappa shape index (κ2) is 27.8. The summed E-state index contributed by atoms with van der Waals surface area (Å²) in [5.41, 5.74) is 2.81. The monoisotopic (exact) mass is 1040 g/mol. The minimum atomic E-state index is -1.83. The van der Waals surface area contributed by atoms with Crippen molar-refractivity contribution in [3.05, 3.63) is 53.7 Å². The van der Waals surface area contributed by atoms with Crippen LogP contribution in [0.5, 0.6) is 0 Å². The van der Waals surface area contributed by atoms with E-state index in [0.717, 1.165) is 36.1 Å². The number of aliphatic hydroxyl groups is 3. The molecule has 0 bridgehead atoms. The molecule has 74 heavy (non-hydrogen) atoms. The molecular formula is C57H95FN6O10. The van der Waals surface area contributed by atoms with Gasteiger partial charge in [-0.1, -0.05) is 70.8 Å². The molecule has 17 heteroatoms. The topological polar surface area (TPSA) is 175 Å². The van der Waals surface area contributed by atoms with Crippen LogP contribution in [0.4, 0.5) is 4.39 Å². The third kappa shape index (κ3) is 15.2. The van der Waals surface area contributed by atoms with Crippen molar-refractivity contribution in [1.29, 1.82) is 0 Å². The van der Waals surface area contributed by atoms with Gasteiger partial charge in [-0.25, -0.2) is 0 Å². The quantitative estimate of drug-likeness (QED) is 0.0584. The number of halogens is 1. The molecule has 1 aliphatic carbocycles. The van der Waals surface area contributed by atoms with Gasteiger partial charge in [-0.2, -0.15) is 0 Å². The Morgan fingerprint density at radius 1 is 1.11 bits per heavy atom. The fourth-order valence-electron chi connectivity index (χ4n) is 12.5. The summed E-state index contributed by atoms with van der Waals surface area (Å²) >= 11 is 0. The van der Waals surface area contributed by atoms with E-state index in [1.165, 1.54) is 6.92 Å². The number of nitrogens with one attached hydrogen (secondary N) is 1. The first-order valence-electron chi connectivity index (χ1n) is 27.5. The molecule has 4 aliphatic rings. The lowest BCUT2D eigenvalue weighted by atomic mass is 9.69. The van der Waals surface area contributed by atoms with Crippen LogP contribution in [-0.4, -0.2) is 174 Å². The highest BCUT2D eigenvalue weighted by Gasteiger charge is 2.52. The van der Waals surface area contributed by atoms with Gasteiger partial charge in [-0.3, -0.25) is 14.2 Å². The van der Waals surface area contributed by atoms with Gasteiger partial charge in [0.1, 0.15) is 30.2 Å². The van der Waals surface area contributed by atoms with Crippen LogP contribution in [0.2, 0.25) is 0 Å². The number of aliphatic hydroxyl groups excluding tert-OH is 1. The number of likely N-dealkylation sites (N-methyl/N-ethyl adjacent to an activating group) is 1. The van der Waals surface area contributed by atoms with E-state index in [1.807, 2.05) is 89.9 Å². The summed E-state index contributed by atoms with van der Waals surface area (Å²) < 4.78 is 52.5. The summed E-state index contributed by atoms with van der Waals surface area (Å²) in [6.07, 6.45) is 17.8. The average Bonchev–Trinajstić information content (AvgIpc) is 4.04. The minimum absolute atomic E-state index is 0.00854. The van der Waals surface area contributed by atoms with Gasteiger partial charge in [0, 0.05) is 101 Å². The van der Waals surface area contributed by atoms with Crippen molar-refractivity contribution in [3.8, 4) is 12.3 Å². The van der Waals surface area contributed by atoms with Gasteiger partial charge < -0.3 is 58.8 Å². The number of allylic oxidation sites excluding steroid dienone is 2. The molecule has 2 fully saturated rings. The zero-order valence-corrected chi connectivity index (χ0v) is 47.3. The number of carbonyl (C=O) groups excluding carboxylic acids is 1. The summed E-state index contributed by atoms with van der Waals surface area (Å²) in [7, 11) is 7.50. The van der Waals surface area contributed by atoms with E-state index in [4.69, 9.17) is 34.6 Å². The van der Waals surface area contributed by atoms with Crippen molar-refractivity contribution in [1.82, 2.24) is 30.5 Å². The van der Waals surface area contributed by atoms with Crippen LogP contribution >= 0.6 is 0 Å². The van der Waals surface area contributed by atoms with E-state index in [-0.39, 0.29) is 36.8 Å². The molecule has 0 amide bonds. The first-order chi connectivity index (χ1) is 35.0. The fraction of sp³-hybridized carbons (Fsp3) is 0.789. The molecule has 4 N–H and O–H groups in total. The van der Waals surface area contributed by atoms with E-state index in [1.54, 1.807) is 19.6 Å². The lowest BCUT2D eigenvalue weighted by Gasteiger charge is -2.47. The zero-order valence-electron chi connectivity index (χ0n) is 47.3. The molecular weight excluding hydrogens is 948 g/mol. The van der Waals surface area contributed by atoms with E-state index < -0.39 is 90.4 Å². The Balaban J connectivity index is 1.38. The van der Waals surface area contributed by atoms with Crippen molar-refractivity contribution < 1.29 is 52.7 Å². The molecule has 1 aromatic heterocycles. The smallest absolute Gasteiger partial charge is 0.309 e. The number of esters is 1. The maximum atomic E-state index is 14.9. The molecule has 3 aliphatic heterocycles. The van der Waals surface area contributed by atoms with Crippen LogP contribution in [0.3, 0.4) is 0 Å². The number of ether oxygens (including phenoxy) is 5. The predicted octanol–water partition coefficient (Wildman–Crippen LogP) is 7.24. The molecule has 18 atom stereocenters. The standard InChI is InChI=1S/C57H95FN6O10/c1-16-47(61(12)25-24-46-34-64(63(14)60-46)33-44(30-58)52(69-15)43-22-20-42(21-23-43)45-31-59-71-35-45)28-50(70-19-4)74-54-39(8)51(48-27-36(5)26-38(7)72-48)40(9)55(66)73-49(17-2)56(11,67)53(65)41(10)62(13)32-37(6)29-57(54,68)18-3/h3,20,22-23,31,34-42,44,47-54,60,65,67-68H,16-17,19,21,24-30,32-33H2,1-2,4-15H3/t36-,37-,38+,39+,40?,41-,42?,44+,47+,48?,49-,50+,51+,52-,53-,54-,56-,57-/m1/s1. The van der Waals surface area contributed by atoms with E-state index in [9.17, 15) is 24.5 Å². The van der Waals surface area contributed by atoms with Crippen LogP contribution in [0.1, 0.15) is 132 Å². The Bertz CT molecular complexity index is 2010. The van der Waals surface area contributed by atoms with Crippen LogP contribution in [-0.2, 0) is 28.5 Å². The molecule has 4 heterocycles. The van der Waals surface area contributed by atoms with Crippen LogP contribution in [0.25, 0.3) is 0 Å². The maximum Gasteiger partial charge on any atom is 0.309 e. The Morgan fingerprint density at radius 3 is 2.42 bits per heavy atom. The molecule has 420 valence electrons. The van der Waals surface area contributed by atoms with Gasteiger partial charge in [-0.15, -0.1) is 11.5 Å². The van der Waals surface area contributed by atoms with E-state index in [2.05, 4.69) is 54.4 Å². The van der Waals surface area contributed by atoms with Crippen LogP contribution in [0, 0.1) is 47.9 Å². The van der Waals surface area contributed by atoms with Gasteiger partial charge in [0.05, 0.1) is 37.1 Å². The van der Waals surface area contributed by atoms with Gasteiger partial charge in [-0.05, 0) is 104 Å². The summed E-state index contributed by atoms with van der Waals surface area (Å²) in [6.45, 7) is 20.6. The molecule has 0 saturated carbocycles. The number of terminal acetylenes is 1. The third-order valence-electron chi connectivity index (χ3n) is 16.8. The summed E-state index contributed by atoms with van der Waals surface area (Å²) in [5, 5.41) is 44.4. The van der Waals surface area contributed by atoms with Gasteiger partial charge in [0.15, 0.2) is 11.9 Å². The summed E-state index contributed by atoms with van der Waals surface area (Å²) in [4.78, 5) is 18.8. The summed E-state index contributed by atoms with van der Waals surface area (Å²) in [6, 6.07) is -0.554. The largest absolute Gasteiger partial charge is 0.459 e. The first-order valence-corrected chi connectivity index (χ1v) is 27.5. The average molecular weight is 1040 g/mol. The lowest BCUT2D eigenvalue weighted by molar-refractivity contribution is -0.238. The number of hydrogen-bond acceptors (Lipinski definition) is 16. The Labute approximate surface area is 443 Å². The second-order valence-corrected chi connectivity index (χ2v) is 22.7. The summed E-state index contributed by atoms with van der Waals surface area (Å²) in [5.74, 6) is 0.204. The highest BCUT2D eigenvalue weighted by atomic mass is 19.1. The molecule has 5 rings (SSSR count). The van der Waals surface area contributed by atoms with E-state index >= 15 is 0 Å². The van der Waals surface area contributed by atoms with Gasteiger partial charge in [0.2, 0.25) is 0 Å². The number of hydrazine groups is 2. The lowest BCUT2D eigenvalue weighted by Crippen LogP contribution is -2.59. The molecule has 1 aromatic rings. The third-order valence-corrected chi connectivity index (χ3v) is 16.8. The number of carbonyl (C=O) groups is 1. The molecule has 2 saturated heterocycles. The molecule has 0 aromatic carbocycles. The first kappa shape index (κ1) is 61.4. The Hall–Kier alpha value is -3.41. The maximum absolute atomic E-state index is 14.9. The van der Waals surface area contributed by atoms with Crippen LogP contribution in [0.15, 0.2) is 52.7 Å². The van der Waals surface area contributed by atoms with Gasteiger partial charge in [0.25, 0.3) is 0 Å². The molecule has 0 spiro atoms. The Kier molecular flexibility index (Phi) is 23.1. The van der Waals surface area contributed by atoms with Crippen molar-refractivity contribution in [2.45, 2.75) is 193 Å². The zero-order chi connectivity index (χ0) is 54.7. The van der Waals surface area contributed by atoms with Crippen LogP contribution < -0.4 is 5.43 Å². The highest BCUT2D eigenvalue weighted by Crippen LogP contribution is 2.43. The highest BCUT2D eigenvalue weighted by molar-refractivity contribution is 5.73. The van der Waals surface area contributed by atoms with Crippen molar-refractivity contribution in [3.63, 3.8) is 0 Å². The van der Waals surface area contributed by atoms with E-state index in [0.29, 0.717) is 51.4 Å².